The standard InChI is InChI=1S/C15H24BrN3/c1-13(14-4-3-5-15(16)12-14)17-6-7-19-10-8-18(2)9-11-19/h3-5,12-13,17H,6-11H2,1-2H3/t13-/m0/s1. The first-order chi connectivity index (χ1) is 9.15. The second-order valence-corrected chi connectivity index (χ2v) is 6.29. The van der Waals surface area contributed by atoms with Gasteiger partial charge >= 0.3 is 0 Å². The van der Waals surface area contributed by atoms with Crippen molar-refractivity contribution in [3.8, 4) is 0 Å². The Kier molecular flexibility index (Phi) is 5.82. The lowest BCUT2D eigenvalue weighted by molar-refractivity contribution is 0.154. The first-order valence-electron chi connectivity index (χ1n) is 7.05. The highest BCUT2D eigenvalue weighted by molar-refractivity contribution is 9.10. The van der Waals surface area contributed by atoms with Gasteiger partial charge in [0.2, 0.25) is 0 Å². The lowest BCUT2D eigenvalue weighted by Crippen LogP contribution is -2.46. The molecule has 0 saturated carbocycles. The lowest BCUT2D eigenvalue weighted by atomic mass is 10.1. The normalized spacial score (nSPS) is 19.5. The number of halogens is 1. The maximum absolute atomic E-state index is 3.61. The molecular formula is C15H24BrN3. The molecule has 4 heteroatoms. The van der Waals surface area contributed by atoms with Crippen molar-refractivity contribution < 1.29 is 0 Å². The molecule has 1 atom stereocenters. The fraction of sp³-hybridized carbons (Fsp3) is 0.600. The maximum Gasteiger partial charge on any atom is 0.0292 e. The summed E-state index contributed by atoms with van der Waals surface area (Å²) in [7, 11) is 2.20. The van der Waals surface area contributed by atoms with Crippen LogP contribution in [0.15, 0.2) is 28.7 Å². The smallest absolute Gasteiger partial charge is 0.0292 e. The SMILES string of the molecule is C[C@H](NCCN1CCN(C)CC1)c1cccc(Br)c1. The highest BCUT2D eigenvalue weighted by Crippen LogP contribution is 2.17. The molecule has 1 aliphatic heterocycles. The summed E-state index contributed by atoms with van der Waals surface area (Å²) in [6.07, 6.45) is 0. The highest BCUT2D eigenvalue weighted by Gasteiger charge is 2.13. The molecule has 0 amide bonds. The Labute approximate surface area is 125 Å². The van der Waals surface area contributed by atoms with Crippen LogP contribution in [0.5, 0.6) is 0 Å². The van der Waals surface area contributed by atoms with Crippen molar-refractivity contribution in [1.82, 2.24) is 15.1 Å². The summed E-state index contributed by atoms with van der Waals surface area (Å²) in [5.74, 6) is 0. The Morgan fingerprint density at radius 3 is 2.68 bits per heavy atom. The molecule has 1 aromatic carbocycles. The van der Waals surface area contributed by atoms with E-state index in [1.165, 1.54) is 31.7 Å². The minimum atomic E-state index is 0.407. The zero-order valence-electron chi connectivity index (χ0n) is 11.9. The van der Waals surface area contributed by atoms with Crippen molar-refractivity contribution in [3.63, 3.8) is 0 Å². The Balaban J connectivity index is 1.70. The van der Waals surface area contributed by atoms with Crippen LogP contribution in [0.4, 0.5) is 0 Å². The number of hydrogen-bond donors (Lipinski definition) is 1. The first-order valence-corrected chi connectivity index (χ1v) is 7.84. The Morgan fingerprint density at radius 2 is 2.00 bits per heavy atom. The third-order valence-electron chi connectivity index (χ3n) is 3.82. The van der Waals surface area contributed by atoms with E-state index in [1.807, 2.05) is 0 Å². The lowest BCUT2D eigenvalue weighted by Gasteiger charge is -2.32. The fourth-order valence-electron chi connectivity index (χ4n) is 2.40. The van der Waals surface area contributed by atoms with Gasteiger partial charge in [-0.25, -0.2) is 0 Å². The molecule has 1 aliphatic rings. The number of benzene rings is 1. The predicted molar refractivity (Wildman–Crippen MR) is 84.5 cm³/mol. The van der Waals surface area contributed by atoms with Crippen LogP contribution in [0.2, 0.25) is 0 Å². The van der Waals surface area contributed by atoms with Gasteiger partial charge in [-0.15, -0.1) is 0 Å². The molecule has 0 unspecified atom stereocenters. The monoisotopic (exact) mass is 325 g/mol. The average Bonchev–Trinajstić information content (AvgIpc) is 2.41. The van der Waals surface area contributed by atoms with Crippen LogP contribution >= 0.6 is 15.9 Å². The third kappa shape index (κ3) is 4.88. The van der Waals surface area contributed by atoms with Crippen molar-refractivity contribution in [3.05, 3.63) is 34.3 Å². The van der Waals surface area contributed by atoms with Crippen LogP contribution in [0.3, 0.4) is 0 Å². The molecule has 106 valence electrons. The molecule has 19 heavy (non-hydrogen) atoms. The summed E-state index contributed by atoms with van der Waals surface area (Å²) in [6.45, 7) is 9.21. The number of piperazine rings is 1. The Bertz CT molecular complexity index is 389. The molecule has 3 nitrogen and oxygen atoms in total. The van der Waals surface area contributed by atoms with Crippen molar-refractivity contribution in [2.75, 3.05) is 46.3 Å². The number of nitrogens with one attached hydrogen (secondary N) is 1. The average molecular weight is 326 g/mol. The number of likely N-dealkylation sites (N-methyl/N-ethyl adjacent to an activating group) is 1. The van der Waals surface area contributed by atoms with Gasteiger partial charge in [-0.2, -0.15) is 0 Å². The summed E-state index contributed by atoms with van der Waals surface area (Å²) in [5.41, 5.74) is 1.34. The van der Waals surface area contributed by atoms with Gasteiger partial charge in [0, 0.05) is 49.8 Å². The van der Waals surface area contributed by atoms with E-state index in [0.717, 1.165) is 17.6 Å². The molecule has 1 saturated heterocycles. The Hall–Kier alpha value is -0.420. The summed E-state index contributed by atoms with van der Waals surface area (Å²) in [5, 5.41) is 3.61. The number of nitrogens with zero attached hydrogens (tertiary/aromatic N) is 2. The minimum absolute atomic E-state index is 0.407. The molecule has 2 rings (SSSR count). The van der Waals surface area contributed by atoms with Crippen LogP contribution in [-0.2, 0) is 0 Å². The molecule has 1 heterocycles. The van der Waals surface area contributed by atoms with Crippen molar-refractivity contribution >= 4 is 15.9 Å². The Morgan fingerprint density at radius 1 is 1.26 bits per heavy atom. The third-order valence-corrected chi connectivity index (χ3v) is 4.32. The molecule has 1 fully saturated rings. The van der Waals surface area contributed by atoms with Crippen LogP contribution in [0.1, 0.15) is 18.5 Å². The second-order valence-electron chi connectivity index (χ2n) is 5.38. The largest absolute Gasteiger partial charge is 0.309 e. The van der Waals surface area contributed by atoms with E-state index >= 15 is 0 Å². The van der Waals surface area contributed by atoms with Crippen molar-refractivity contribution in [2.45, 2.75) is 13.0 Å². The predicted octanol–water partition coefficient (Wildman–Crippen LogP) is 2.35. The highest BCUT2D eigenvalue weighted by atomic mass is 79.9. The summed E-state index contributed by atoms with van der Waals surface area (Å²) >= 11 is 3.53. The van der Waals surface area contributed by atoms with Crippen LogP contribution in [0.25, 0.3) is 0 Å². The zero-order valence-corrected chi connectivity index (χ0v) is 13.5. The van der Waals surface area contributed by atoms with Crippen molar-refractivity contribution in [2.24, 2.45) is 0 Å². The molecule has 1 aromatic rings. The summed E-state index contributed by atoms with van der Waals surface area (Å²) < 4.78 is 1.15. The summed E-state index contributed by atoms with van der Waals surface area (Å²) in [6, 6.07) is 8.94. The van der Waals surface area contributed by atoms with Gasteiger partial charge in [-0.05, 0) is 31.7 Å². The van der Waals surface area contributed by atoms with Gasteiger partial charge in [0.15, 0.2) is 0 Å². The molecule has 0 bridgehead atoms. The fourth-order valence-corrected chi connectivity index (χ4v) is 2.82. The molecule has 0 radical (unpaired) electrons. The van der Waals surface area contributed by atoms with Gasteiger partial charge in [-0.3, -0.25) is 4.90 Å². The van der Waals surface area contributed by atoms with E-state index in [0.29, 0.717) is 6.04 Å². The topological polar surface area (TPSA) is 18.5 Å². The number of hydrogen-bond acceptors (Lipinski definition) is 3. The van der Waals surface area contributed by atoms with E-state index in [2.05, 4.69) is 69.3 Å². The van der Waals surface area contributed by atoms with E-state index in [1.54, 1.807) is 0 Å². The quantitative estimate of drug-likeness (QED) is 0.896. The van der Waals surface area contributed by atoms with E-state index in [-0.39, 0.29) is 0 Å². The van der Waals surface area contributed by atoms with Crippen LogP contribution in [0, 0.1) is 0 Å². The van der Waals surface area contributed by atoms with Crippen LogP contribution < -0.4 is 5.32 Å². The van der Waals surface area contributed by atoms with Crippen molar-refractivity contribution in [1.29, 1.82) is 0 Å². The van der Waals surface area contributed by atoms with Gasteiger partial charge in [0.1, 0.15) is 0 Å². The van der Waals surface area contributed by atoms with Gasteiger partial charge in [0.25, 0.3) is 0 Å². The van der Waals surface area contributed by atoms with Gasteiger partial charge < -0.3 is 10.2 Å². The molecular weight excluding hydrogens is 302 g/mol. The van der Waals surface area contributed by atoms with E-state index in [4.69, 9.17) is 0 Å². The van der Waals surface area contributed by atoms with E-state index < -0.39 is 0 Å². The van der Waals surface area contributed by atoms with Crippen LogP contribution in [-0.4, -0.2) is 56.1 Å². The van der Waals surface area contributed by atoms with Gasteiger partial charge in [0.05, 0.1) is 0 Å². The summed E-state index contributed by atoms with van der Waals surface area (Å²) in [4.78, 5) is 4.94. The minimum Gasteiger partial charge on any atom is -0.309 e. The first kappa shape index (κ1) is 15.0. The molecule has 0 aromatic heterocycles. The molecule has 0 spiro atoms. The zero-order chi connectivity index (χ0) is 13.7. The molecule has 1 N–H and O–H groups in total. The molecule has 0 aliphatic carbocycles. The maximum atomic E-state index is 3.61. The van der Waals surface area contributed by atoms with E-state index in [9.17, 15) is 0 Å². The number of rotatable bonds is 5. The van der Waals surface area contributed by atoms with Gasteiger partial charge in [-0.1, -0.05) is 28.1 Å². The second kappa shape index (κ2) is 7.39.